The molecule has 0 saturated carbocycles. The van der Waals surface area contributed by atoms with Crippen LogP contribution in [0.5, 0.6) is 0 Å². The van der Waals surface area contributed by atoms with Crippen LogP contribution in [0, 0.1) is 0 Å². The molecule has 0 radical (unpaired) electrons. The van der Waals surface area contributed by atoms with Gasteiger partial charge in [0.2, 0.25) is 0 Å². The first-order valence-corrected chi connectivity index (χ1v) is 8.63. The Balaban J connectivity index is 1.59. The molecule has 112 valence electrons. The third-order valence-corrected chi connectivity index (χ3v) is 4.77. The topological polar surface area (TPSA) is 3.24 Å². The van der Waals surface area contributed by atoms with E-state index in [9.17, 15) is 0 Å². The molecule has 1 nitrogen and oxygen atoms in total. The van der Waals surface area contributed by atoms with E-state index in [2.05, 4.69) is 84.8 Å². The Morgan fingerprint density at radius 1 is 1.05 bits per heavy atom. The minimum absolute atomic E-state index is 0.960. The average molecular weight is 307 g/mol. The van der Waals surface area contributed by atoms with E-state index < -0.39 is 0 Å². The van der Waals surface area contributed by atoms with Crippen LogP contribution >= 0.6 is 11.8 Å². The number of hydrogen-bond donors (Lipinski definition) is 0. The van der Waals surface area contributed by atoms with Crippen LogP contribution in [0.25, 0.3) is 11.6 Å². The van der Waals surface area contributed by atoms with Crippen LogP contribution in [-0.2, 0) is 0 Å². The summed E-state index contributed by atoms with van der Waals surface area (Å²) in [5, 5.41) is 0. The van der Waals surface area contributed by atoms with Crippen LogP contribution in [-0.4, -0.2) is 30.8 Å². The number of nitrogens with zero attached hydrogens (tertiary/aromatic N) is 1. The summed E-state index contributed by atoms with van der Waals surface area (Å²) in [7, 11) is 2.18. The molecule has 2 aromatic carbocycles. The predicted octanol–water partition coefficient (Wildman–Crippen LogP) is 4.82. The Morgan fingerprint density at radius 2 is 1.82 bits per heavy atom. The first-order chi connectivity index (χ1) is 10.8. The van der Waals surface area contributed by atoms with Gasteiger partial charge in [-0.3, -0.25) is 4.90 Å². The number of rotatable bonds is 5. The number of thioether (sulfide) groups is 1. The molecule has 22 heavy (non-hydrogen) atoms. The number of benzene rings is 2. The SMILES string of the molecule is CN(C/C=C/c1ccccc1)CC1=CCSc2ccccc21. The van der Waals surface area contributed by atoms with Gasteiger partial charge in [-0.1, -0.05) is 66.8 Å². The van der Waals surface area contributed by atoms with Crippen LogP contribution in [0.2, 0.25) is 0 Å². The van der Waals surface area contributed by atoms with E-state index in [4.69, 9.17) is 0 Å². The van der Waals surface area contributed by atoms with Crippen LogP contribution in [0.1, 0.15) is 11.1 Å². The number of likely N-dealkylation sites (N-methyl/N-ethyl adjacent to an activating group) is 1. The first-order valence-electron chi connectivity index (χ1n) is 7.64. The zero-order valence-electron chi connectivity index (χ0n) is 12.9. The minimum atomic E-state index is 0.960. The minimum Gasteiger partial charge on any atom is -0.298 e. The number of hydrogen-bond acceptors (Lipinski definition) is 2. The molecule has 0 bridgehead atoms. The van der Waals surface area contributed by atoms with Gasteiger partial charge in [-0.15, -0.1) is 11.8 Å². The van der Waals surface area contributed by atoms with Crippen molar-refractivity contribution in [1.82, 2.24) is 4.90 Å². The van der Waals surface area contributed by atoms with Crippen molar-refractivity contribution in [1.29, 1.82) is 0 Å². The van der Waals surface area contributed by atoms with Gasteiger partial charge < -0.3 is 0 Å². The molecule has 1 heterocycles. The third-order valence-electron chi connectivity index (χ3n) is 3.77. The molecule has 0 amide bonds. The molecule has 2 heteroatoms. The smallest absolute Gasteiger partial charge is 0.0237 e. The monoisotopic (exact) mass is 307 g/mol. The van der Waals surface area contributed by atoms with Crippen molar-refractivity contribution in [2.75, 3.05) is 25.9 Å². The van der Waals surface area contributed by atoms with Crippen LogP contribution in [0.15, 0.2) is 71.6 Å². The molecule has 0 unspecified atom stereocenters. The van der Waals surface area contributed by atoms with Gasteiger partial charge in [0.1, 0.15) is 0 Å². The van der Waals surface area contributed by atoms with Crippen molar-refractivity contribution in [2.24, 2.45) is 0 Å². The lowest BCUT2D eigenvalue weighted by Gasteiger charge is -2.22. The van der Waals surface area contributed by atoms with Crippen molar-refractivity contribution < 1.29 is 0 Å². The van der Waals surface area contributed by atoms with Gasteiger partial charge in [0, 0.05) is 23.7 Å². The Bertz CT molecular complexity index is 673. The highest BCUT2D eigenvalue weighted by Crippen LogP contribution is 2.33. The van der Waals surface area contributed by atoms with E-state index in [1.54, 1.807) is 0 Å². The molecule has 0 N–H and O–H groups in total. The summed E-state index contributed by atoms with van der Waals surface area (Å²) in [6.07, 6.45) is 6.79. The van der Waals surface area contributed by atoms with E-state index in [0.717, 1.165) is 18.8 Å². The van der Waals surface area contributed by atoms with Gasteiger partial charge in [0.25, 0.3) is 0 Å². The standard InChI is InChI=1S/C20H21NS/c1-21(14-7-10-17-8-3-2-4-9-17)16-18-13-15-22-20-12-6-5-11-19(18)20/h2-13H,14-16H2,1H3/b10-7+. The lowest BCUT2D eigenvalue weighted by atomic mass is 10.0. The Kier molecular flexibility index (Phi) is 5.15. The summed E-state index contributed by atoms with van der Waals surface area (Å²) in [6, 6.07) is 19.2. The Labute approximate surface area is 137 Å². The van der Waals surface area contributed by atoms with Gasteiger partial charge in [0.15, 0.2) is 0 Å². The Morgan fingerprint density at radius 3 is 2.68 bits per heavy atom. The quantitative estimate of drug-likeness (QED) is 0.779. The molecule has 0 aliphatic carbocycles. The summed E-state index contributed by atoms with van der Waals surface area (Å²) >= 11 is 1.93. The van der Waals surface area contributed by atoms with Gasteiger partial charge in [-0.2, -0.15) is 0 Å². The van der Waals surface area contributed by atoms with E-state index in [1.807, 2.05) is 11.8 Å². The van der Waals surface area contributed by atoms with Crippen molar-refractivity contribution in [3.8, 4) is 0 Å². The zero-order chi connectivity index (χ0) is 15.2. The summed E-state index contributed by atoms with van der Waals surface area (Å²) < 4.78 is 0. The first kappa shape index (κ1) is 15.1. The van der Waals surface area contributed by atoms with Crippen molar-refractivity contribution in [3.05, 3.63) is 77.9 Å². The molecule has 0 fully saturated rings. The van der Waals surface area contributed by atoms with Crippen LogP contribution in [0.4, 0.5) is 0 Å². The maximum absolute atomic E-state index is 2.37. The fourth-order valence-electron chi connectivity index (χ4n) is 2.64. The fourth-order valence-corrected chi connectivity index (χ4v) is 3.63. The lowest BCUT2D eigenvalue weighted by molar-refractivity contribution is 0.419. The summed E-state index contributed by atoms with van der Waals surface area (Å²) in [6.45, 7) is 1.96. The van der Waals surface area contributed by atoms with Crippen LogP contribution in [0.3, 0.4) is 0 Å². The van der Waals surface area contributed by atoms with E-state index in [1.165, 1.54) is 21.6 Å². The van der Waals surface area contributed by atoms with Crippen molar-refractivity contribution in [3.63, 3.8) is 0 Å². The molecular formula is C20H21NS. The van der Waals surface area contributed by atoms with Gasteiger partial charge in [-0.25, -0.2) is 0 Å². The maximum Gasteiger partial charge on any atom is 0.0237 e. The fraction of sp³-hybridized carbons (Fsp3) is 0.200. The third kappa shape index (κ3) is 3.90. The van der Waals surface area contributed by atoms with Crippen molar-refractivity contribution in [2.45, 2.75) is 4.90 Å². The molecule has 2 aromatic rings. The lowest BCUT2D eigenvalue weighted by Crippen LogP contribution is -2.21. The van der Waals surface area contributed by atoms with E-state index in [0.29, 0.717) is 0 Å². The molecule has 0 aromatic heterocycles. The second-order valence-corrected chi connectivity index (χ2v) is 6.61. The molecule has 1 aliphatic rings. The second kappa shape index (κ2) is 7.48. The highest BCUT2D eigenvalue weighted by Gasteiger charge is 2.13. The number of fused-ring (bicyclic) bond motifs is 1. The summed E-state index contributed by atoms with van der Waals surface area (Å²) in [5.41, 5.74) is 4.11. The molecular weight excluding hydrogens is 286 g/mol. The zero-order valence-corrected chi connectivity index (χ0v) is 13.7. The Hall–Kier alpha value is -1.77. The molecule has 0 atom stereocenters. The molecule has 3 rings (SSSR count). The predicted molar refractivity (Wildman–Crippen MR) is 98.1 cm³/mol. The van der Waals surface area contributed by atoms with E-state index in [-0.39, 0.29) is 0 Å². The van der Waals surface area contributed by atoms with Gasteiger partial charge in [0.05, 0.1) is 0 Å². The molecule has 0 saturated heterocycles. The highest BCUT2D eigenvalue weighted by molar-refractivity contribution is 7.99. The second-order valence-electron chi connectivity index (χ2n) is 5.55. The van der Waals surface area contributed by atoms with Gasteiger partial charge >= 0.3 is 0 Å². The molecule has 1 aliphatic heterocycles. The summed E-state index contributed by atoms with van der Waals surface area (Å²) in [5.74, 6) is 1.08. The normalized spacial score (nSPS) is 14.2. The largest absolute Gasteiger partial charge is 0.298 e. The van der Waals surface area contributed by atoms with E-state index >= 15 is 0 Å². The summed E-state index contributed by atoms with van der Waals surface area (Å²) in [4.78, 5) is 3.77. The van der Waals surface area contributed by atoms with Crippen molar-refractivity contribution >= 4 is 23.4 Å². The van der Waals surface area contributed by atoms with Gasteiger partial charge in [-0.05, 0) is 29.8 Å². The maximum atomic E-state index is 2.37. The molecule has 0 spiro atoms. The van der Waals surface area contributed by atoms with Crippen LogP contribution < -0.4 is 0 Å². The highest BCUT2D eigenvalue weighted by atomic mass is 32.2. The average Bonchev–Trinajstić information content (AvgIpc) is 2.56.